The summed E-state index contributed by atoms with van der Waals surface area (Å²) in [5.74, 6) is -0.431. The van der Waals surface area contributed by atoms with E-state index >= 15 is 0 Å². The van der Waals surface area contributed by atoms with Crippen molar-refractivity contribution in [2.45, 2.75) is 26.2 Å². The monoisotopic (exact) mass is 413 g/mol. The van der Waals surface area contributed by atoms with Gasteiger partial charge in [-0.2, -0.15) is 0 Å². The van der Waals surface area contributed by atoms with Crippen molar-refractivity contribution in [2.75, 3.05) is 26.0 Å². The summed E-state index contributed by atoms with van der Waals surface area (Å²) >= 11 is 0. The molecule has 160 valence electrons. The topological polar surface area (TPSA) is 89.5 Å². The van der Waals surface area contributed by atoms with Crippen LogP contribution in [-0.4, -0.2) is 45.7 Å². The largest absolute Gasteiger partial charge is 0.378 e. The molecule has 1 amide bonds. The molecule has 0 saturated carbocycles. The molecule has 0 unspecified atom stereocenters. The zero-order valence-corrected chi connectivity index (χ0v) is 17.6. The number of carbonyl (C=O) groups is 1. The number of amides is 1. The summed E-state index contributed by atoms with van der Waals surface area (Å²) in [6.45, 7) is 6.75. The molecule has 0 aliphatic rings. The molecule has 1 aromatic heterocycles. The van der Waals surface area contributed by atoms with E-state index in [1.165, 1.54) is 17.1 Å². The van der Waals surface area contributed by atoms with Gasteiger partial charge in [0.1, 0.15) is 6.54 Å². The van der Waals surface area contributed by atoms with Crippen LogP contribution in [-0.2, 0) is 31.0 Å². The second-order valence-corrected chi connectivity index (χ2v) is 7.04. The highest BCUT2D eigenvalue weighted by Crippen LogP contribution is 2.13. The van der Waals surface area contributed by atoms with Crippen molar-refractivity contribution >= 4 is 11.6 Å². The minimum Gasteiger partial charge on any atom is -0.378 e. The summed E-state index contributed by atoms with van der Waals surface area (Å²) in [5.41, 5.74) is -0.511. The number of hydrogen-bond acceptors (Lipinski definition) is 5. The van der Waals surface area contributed by atoms with Crippen molar-refractivity contribution in [3.63, 3.8) is 0 Å². The first-order chi connectivity index (χ1) is 14.2. The molecule has 0 fully saturated rings. The minimum absolute atomic E-state index is 0.0721. The average molecular weight is 413 g/mol. The van der Waals surface area contributed by atoms with E-state index in [0.29, 0.717) is 6.54 Å². The summed E-state index contributed by atoms with van der Waals surface area (Å²) in [5, 5.41) is 0. The lowest BCUT2D eigenvalue weighted by atomic mass is 10.2. The maximum Gasteiger partial charge on any atom is 0.337 e. The minimum atomic E-state index is -0.845. The third-order valence-electron chi connectivity index (χ3n) is 4.60. The van der Waals surface area contributed by atoms with Gasteiger partial charge in [0, 0.05) is 33.4 Å². The molecule has 0 radical (unpaired) electrons. The second kappa shape index (κ2) is 9.73. The molecule has 2 rings (SSSR count). The molecule has 0 aliphatic heterocycles. The normalized spacial score (nSPS) is 10.5. The maximum atomic E-state index is 12.7. The van der Waals surface area contributed by atoms with Crippen molar-refractivity contribution in [3.8, 4) is 0 Å². The van der Waals surface area contributed by atoms with Gasteiger partial charge in [0.25, 0.3) is 0 Å². The standard InChI is InChI=1S/C21H27N5O4/c1-6-12-24-19(28)25(13-7-2)21(30)26(20(24)29)15-18(27)23(5)14-16-8-10-17(11-9-16)22(3)4/h6-11H,1-2,12-15H2,3-5H3. The number of allylic oxidation sites excluding steroid dienone is 2. The quantitative estimate of drug-likeness (QED) is 0.551. The van der Waals surface area contributed by atoms with Gasteiger partial charge in [0.2, 0.25) is 5.91 Å². The fourth-order valence-electron chi connectivity index (χ4n) is 2.91. The number of hydrogen-bond donors (Lipinski definition) is 0. The van der Waals surface area contributed by atoms with Gasteiger partial charge in [0.05, 0.1) is 13.1 Å². The van der Waals surface area contributed by atoms with Crippen LogP contribution in [0.3, 0.4) is 0 Å². The Balaban J connectivity index is 2.31. The molecule has 0 aliphatic carbocycles. The third-order valence-corrected chi connectivity index (χ3v) is 4.60. The van der Waals surface area contributed by atoms with Crippen LogP contribution in [0.25, 0.3) is 0 Å². The van der Waals surface area contributed by atoms with Gasteiger partial charge in [-0.05, 0) is 17.7 Å². The van der Waals surface area contributed by atoms with Crippen LogP contribution in [0.5, 0.6) is 0 Å². The summed E-state index contributed by atoms with van der Waals surface area (Å²) in [4.78, 5) is 53.8. The Morgan fingerprint density at radius 2 is 1.33 bits per heavy atom. The van der Waals surface area contributed by atoms with Crippen molar-refractivity contribution < 1.29 is 4.79 Å². The van der Waals surface area contributed by atoms with E-state index in [2.05, 4.69) is 13.2 Å². The Morgan fingerprint density at radius 3 is 1.77 bits per heavy atom. The molecule has 9 heteroatoms. The summed E-state index contributed by atoms with van der Waals surface area (Å²) in [6.07, 6.45) is 2.75. The lowest BCUT2D eigenvalue weighted by Crippen LogP contribution is -2.55. The van der Waals surface area contributed by atoms with Gasteiger partial charge < -0.3 is 9.80 Å². The van der Waals surface area contributed by atoms with Crippen LogP contribution in [0, 0.1) is 0 Å². The highest BCUT2D eigenvalue weighted by Gasteiger charge is 2.18. The molecule has 9 nitrogen and oxygen atoms in total. The fourth-order valence-corrected chi connectivity index (χ4v) is 2.91. The van der Waals surface area contributed by atoms with E-state index in [4.69, 9.17) is 0 Å². The van der Waals surface area contributed by atoms with Gasteiger partial charge in [-0.1, -0.05) is 24.3 Å². The van der Waals surface area contributed by atoms with E-state index < -0.39 is 29.5 Å². The number of benzene rings is 1. The SMILES string of the molecule is C=CCn1c(=O)n(CC=C)c(=O)n(CC(=O)N(C)Cc2ccc(N(C)C)cc2)c1=O. The van der Waals surface area contributed by atoms with Gasteiger partial charge in [0.15, 0.2) is 0 Å². The second-order valence-electron chi connectivity index (χ2n) is 7.04. The number of aromatic nitrogens is 3. The summed E-state index contributed by atoms with van der Waals surface area (Å²) < 4.78 is 2.50. The van der Waals surface area contributed by atoms with Crippen LogP contribution in [0.2, 0.25) is 0 Å². The molecule has 30 heavy (non-hydrogen) atoms. The molecule has 1 aromatic carbocycles. The summed E-state index contributed by atoms with van der Waals surface area (Å²) in [7, 11) is 5.47. The van der Waals surface area contributed by atoms with E-state index in [-0.39, 0.29) is 13.1 Å². The highest BCUT2D eigenvalue weighted by atomic mass is 16.2. The first-order valence-corrected chi connectivity index (χ1v) is 9.37. The fraction of sp³-hybridized carbons (Fsp3) is 0.333. The number of carbonyl (C=O) groups excluding carboxylic acids is 1. The van der Waals surface area contributed by atoms with Gasteiger partial charge >= 0.3 is 17.1 Å². The zero-order valence-electron chi connectivity index (χ0n) is 17.6. The lowest BCUT2D eigenvalue weighted by molar-refractivity contribution is -0.131. The van der Waals surface area contributed by atoms with Crippen molar-refractivity contribution in [1.82, 2.24) is 18.6 Å². The molecule has 2 aromatic rings. The Hall–Kier alpha value is -3.62. The Bertz CT molecular complexity index is 1060. The molecule has 0 saturated heterocycles. The molecule has 0 N–H and O–H groups in total. The van der Waals surface area contributed by atoms with Crippen molar-refractivity contribution in [2.24, 2.45) is 0 Å². The van der Waals surface area contributed by atoms with Crippen LogP contribution < -0.4 is 22.0 Å². The Labute approximate surface area is 174 Å². The molecule has 0 spiro atoms. The first kappa shape index (κ1) is 22.7. The van der Waals surface area contributed by atoms with Crippen molar-refractivity contribution in [1.29, 1.82) is 0 Å². The molecular formula is C21H27N5O4. The summed E-state index contributed by atoms with van der Waals surface area (Å²) in [6, 6.07) is 7.70. The molecular weight excluding hydrogens is 386 g/mol. The number of likely N-dealkylation sites (N-methyl/N-ethyl adjacent to an activating group) is 1. The smallest absolute Gasteiger partial charge is 0.337 e. The lowest BCUT2D eigenvalue weighted by Gasteiger charge is -2.19. The predicted octanol–water partition coefficient (Wildman–Crippen LogP) is 0.268. The number of anilines is 1. The number of nitrogens with zero attached hydrogens (tertiary/aromatic N) is 5. The highest BCUT2D eigenvalue weighted by molar-refractivity contribution is 5.75. The molecule has 1 heterocycles. The van der Waals surface area contributed by atoms with Crippen molar-refractivity contribution in [3.05, 3.63) is 86.6 Å². The number of rotatable bonds is 9. The van der Waals surface area contributed by atoms with Gasteiger partial charge in [-0.15, -0.1) is 13.2 Å². The van der Waals surface area contributed by atoms with E-state index in [0.717, 1.165) is 25.0 Å². The predicted molar refractivity (Wildman–Crippen MR) is 117 cm³/mol. The third kappa shape index (κ3) is 4.86. The average Bonchev–Trinajstić information content (AvgIpc) is 2.72. The molecule has 0 bridgehead atoms. The van der Waals surface area contributed by atoms with Gasteiger partial charge in [-0.25, -0.2) is 28.1 Å². The van der Waals surface area contributed by atoms with Crippen LogP contribution >= 0.6 is 0 Å². The van der Waals surface area contributed by atoms with Crippen LogP contribution in [0.1, 0.15) is 5.56 Å². The Kier molecular flexibility index (Phi) is 7.35. The molecule has 0 atom stereocenters. The maximum absolute atomic E-state index is 12.7. The van der Waals surface area contributed by atoms with Gasteiger partial charge in [-0.3, -0.25) is 4.79 Å². The first-order valence-electron chi connectivity index (χ1n) is 9.37. The Morgan fingerprint density at radius 1 is 0.867 bits per heavy atom. The van der Waals surface area contributed by atoms with E-state index in [1.807, 2.05) is 43.3 Å². The van der Waals surface area contributed by atoms with Crippen LogP contribution in [0.4, 0.5) is 5.69 Å². The van der Waals surface area contributed by atoms with Crippen LogP contribution in [0.15, 0.2) is 64.0 Å². The zero-order chi connectivity index (χ0) is 22.4. The van der Waals surface area contributed by atoms with E-state index in [9.17, 15) is 19.2 Å². The van der Waals surface area contributed by atoms with E-state index in [1.54, 1.807) is 7.05 Å².